The van der Waals surface area contributed by atoms with E-state index in [1.54, 1.807) is 0 Å². The first-order valence-electron chi connectivity index (χ1n) is 6.06. The summed E-state index contributed by atoms with van der Waals surface area (Å²) in [6, 6.07) is 6.50. The van der Waals surface area contributed by atoms with Crippen LogP contribution in [0, 0.1) is 6.92 Å². The quantitative estimate of drug-likeness (QED) is 0.781. The van der Waals surface area contributed by atoms with Crippen molar-refractivity contribution in [3.05, 3.63) is 29.3 Å². The van der Waals surface area contributed by atoms with E-state index < -0.39 is 10.8 Å². The Morgan fingerprint density at radius 2 is 2.06 bits per heavy atom. The predicted octanol–water partition coefficient (Wildman–Crippen LogP) is 3.56. The van der Waals surface area contributed by atoms with E-state index in [0.29, 0.717) is 5.41 Å². The van der Waals surface area contributed by atoms with Crippen molar-refractivity contribution in [1.82, 2.24) is 0 Å². The number of hydrogen-bond donors (Lipinski definition) is 0. The summed E-state index contributed by atoms with van der Waals surface area (Å²) in [4.78, 5) is 1.05. The highest BCUT2D eigenvalue weighted by atomic mass is 32.2. The number of benzene rings is 1. The average Bonchev–Trinajstić information content (AvgIpc) is 2.98. The summed E-state index contributed by atoms with van der Waals surface area (Å²) >= 11 is 0. The fraction of sp³-hybridized carbons (Fsp3) is 0.571. The third-order valence-corrected chi connectivity index (χ3v) is 5.23. The highest BCUT2D eigenvalue weighted by Gasteiger charge is 2.39. The van der Waals surface area contributed by atoms with E-state index in [9.17, 15) is 4.21 Å². The van der Waals surface area contributed by atoms with E-state index in [-0.39, 0.29) is 0 Å². The smallest absolute Gasteiger partial charge is 0.0532 e. The van der Waals surface area contributed by atoms with Crippen molar-refractivity contribution in [3.63, 3.8) is 0 Å². The first-order chi connectivity index (χ1) is 7.57. The molecular formula is C14H20OS. The van der Waals surface area contributed by atoms with Crippen LogP contribution in [0.25, 0.3) is 0 Å². The van der Waals surface area contributed by atoms with Crippen molar-refractivity contribution in [3.8, 4) is 0 Å². The summed E-state index contributed by atoms with van der Waals surface area (Å²) in [5.74, 6) is 0.779. The fourth-order valence-electron chi connectivity index (χ4n) is 1.99. The minimum atomic E-state index is -0.812. The second-order valence-corrected chi connectivity index (χ2v) is 6.63. The molecule has 0 N–H and O–H groups in total. The molecule has 1 aromatic rings. The summed E-state index contributed by atoms with van der Waals surface area (Å²) in [7, 11) is -0.812. The van der Waals surface area contributed by atoms with Crippen LogP contribution in [0.1, 0.15) is 44.2 Å². The lowest BCUT2D eigenvalue weighted by atomic mass is 9.97. The van der Waals surface area contributed by atoms with Crippen LogP contribution in [0.3, 0.4) is 0 Å². The van der Waals surface area contributed by atoms with Crippen molar-refractivity contribution in [2.45, 2.75) is 50.3 Å². The molecule has 0 aliphatic heterocycles. The number of aryl methyl sites for hydroxylation is 1. The Labute approximate surface area is 101 Å². The van der Waals surface area contributed by atoms with Crippen LogP contribution in [0.2, 0.25) is 0 Å². The van der Waals surface area contributed by atoms with Gasteiger partial charge in [0, 0.05) is 10.6 Å². The van der Waals surface area contributed by atoms with Crippen molar-refractivity contribution in [2.75, 3.05) is 5.75 Å². The minimum absolute atomic E-state index is 0.374. The molecule has 2 heteroatoms. The molecule has 16 heavy (non-hydrogen) atoms. The van der Waals surface area contributed by atoms with Gasteiger partial charge in [-0.3, -0.25) is 4.21 Å². The average molecular weight is 236 g/mol. The predicted molar refractivity (Wildman–Crippen MR) is 69.3 cm³/mol. The Kier molecular flexibility index (Phi) is 3.20. The molecule has 1 fully saturated rings. The van der Waals surface area contributed by atoms with Gasteiger partial charge in [0.25, 0.3) is 0 Å². The highest BCUT2D eigenvalue weighted by Crippen LogP contribution is 2.48. The molecule has 1 nitrogen and oxygen atoms in total. The molecule has 1 atom stereocenters. The van der Waals surface area contributed by atoms with Crippen LogP contribution in [0.5, 0.6) is 0 Å². The lowest BCUT2D eigenvalue weighted by molar-refractivity contribution is 0.680. The summed E-state index contributed by atoms with van der Waals surface area (Å²) in [6.45, 7) is 6.44. The Hall–Kier alpha value is -0.630. The van der Waals surface area contributed by atoms with Crippen LogP contribution < -0.4 is 0 Å². The molecule has 1 aromatic carbocycles. The van der Waals surface area contributed by atoms with E-state index in [1.807, 2.05) is 0 Å². The maximum Gasteiger partial charge on any atom is 0.0532 e. The summed E-state index contributed by atoms with van der Waals surface area (Å²) in [6.07, 6.45) is 3.53. The second kappa shape index (κ2) is 4.33. The van der Waals surface area contributed by atoms with Crippen LogP contribution in [0.15, 0.2) is 23.1 Å². The first-order valence-corrected chi connectivity index (χ1v) is 7.38. The summed E-state index contributed by atoms with van der Waals surface area (Å²) < 4.78 is 12.1. The van der Waals surface area contributed by atoms with Gasteiger partial charge in [-0.1, -0.05) is 26.0 Å². The lowest BCUT2D eigenvalue weighted by Gasteiger charge is -2.12. The van der Waals surface area contributed by atoms with Gasteiger partial charge in [0.15, 0.2) is 0 Å². The zero-order valence-electron chi connectivity index (χ0n) is 10.4. The molecule has 0 heterocycles. The van der Waals surface area contributed by atoms with E-state index in [1.165, 1.54) is 24.0 Å². The molecular weight excluding hydrogens is 216 g/mol. The van der Waals surface area contributed by atoms with Gasteiger partial charge in [-0.05, 0) is 48.8 Å². The lowest BCUT2D eigenvalue weighted by Crippen LogP contribution is -2.04. The monoisotopic (exact) mass is 236 g/mol. The number of rotatable bonds is 4. The van der Waals surface area contributed by atoms with E-state index in [0.717, 1.165) is 17.1 Å². The molecule has 88 valence electrons. The molecule has 0 amide bonds. The van der Waals surface area contributed by atoms with E-state index in [4.69, 9.17) is 0 Å². The van der Waals surface area contributed by atoms with Crippen molar-refractivity contribution in [2.24, 2.45) is 0 Å². The van der Waals surface area contributed by atoms with Gasteiger partial charge in [-0.15, -0.1) is 0 Å². The van der Waals surface area contributed by atoms with Crippen molar-refractivity contribution >= 4 is 10.8 Å². The fourth-order valence-corrected chi connectivity index (χ4v) is 3.27. The van der Waals surface area contributed by atoms with Crippen molar-refractivity contribution < 1.29 is 4.21 Å². The van der Waals surface area contributed by atoms with Gasteiger partial charge in [0.2, 0.25) is 0 Å². The molecule has 0 saturated heterocycles. The van der Waals surface area contributed by atoms with Gasteiger partial charge >= 0.3 is 0 Å². The van der Waals surface area contributed by atoms with Crippen LogP contribution in [-0.4, -0.2) is 9.96 Å². The van der Waals surface area contributed by atoms with Crippen LogP contribution in [-0.2, 0) is 16.2 Å². The summed E-state index contributed by atoms with van der Waals surface area (Å²) in [5.41, 5.74) is 2.91. The van der Waals surface area contributed by atoms with Crippen LogP contribution >= 0.6 is 0 Å². The van der Waals surface area contributed by atoms with E-state index >= 15 is 0 Å². The molecule has 0 bridgehead atoms. The normalized spacial score (nSPS) is 19.4. The molecule has 2 rings (SSSR count). The van der Waals surface area contributed by atoms with E-state index in [2.05, 4.69) is 39.0 Å². The molecule has 1 aliphatic carbocycles. The Morgan fingerprint density at radius 1 is 1.38 bits per heavy atom. The number of hydrogen-bond acceptors (Lipinski definition) is 1. The van der Waals surface area contributed by atoms with Gasteiger partial charge in [-0.2, -0.15) is 0 Å². The van der Waals surface area contributed by atoms with Gasteiger partial charge < -0.3 is 0 Å². The molecule has 1 saturated carbocycles. The minimum Gasteiger partial charge on any atom is -0.254 e. The molecule has 0 radical (unpaired) electrons. The zero-order valence-corrected chi connectivity index (χ0v) is 11.2. The maximum absolute atomic E-state index is 12.1. The van der Waals surface area contributed by atoms with Crippen molar-refractivity contribution in [1.29, 1.82) is 0 Å². The largest absolute Gasteiger partial charge is 0.254 e. The summed E-state index contributed by atoms with van der Waals surface area (Å²) in [5, 5.41) is 0. The first kappa shape index (κ1) is 11.8. The highest BCUT2D eigenvalue weighted by molar-refractivity contribution is 7.85. The molecule has 0 aromatic heterocycles. The maximum atomic E-state index is 12.1. The second-order valence-electron chi connectivity index (χ2n) is 5.09. The van der Waals surface area contributed by atoms with Crippen LogP contribution in [0.4, 0.5) is 0 Å². The molecule has 0 spiro atoms. The Balaban J connectivity index is 2.33. The zero-order chi connectivity index (χ0) is 11.8. The molecule has 1 unspecified atom stereocenters. The molecule has 1 aliphatic rings. The Morgan fingerprint density at radius 3 is 2.62 bits per heavy atom. The van der Waals surface area contributed by atoms with Gasteiger partial charge in [-0.25, -0.2) is 0 Å². The topological polar surface area (TPSA) is 17.1 Å². The Bertz CT molecular complexity index is 419. The standard InChI is InChI=1S/C14H20OS/c1-4-9-16(15)13-10-12(6-5-11(13)2)14(3)7-8-14/h5-6,10H,4,7-9H2,1-3H3. The third kappa shape index (κ3) is 2.22. The van der Waals surface area contributed by atoms with Gasteiger partial charge in [0.05, 0.1) is 10.8 Å². The van der Waals surface area contributed by atoms with Gasteiger partial charge in [0.1, 0.15) is 0 Å². The third-order valence-electron chi connectivity index (χ3n) is 3.52. The SMILES string of the molecule is CCCS(=O)c1cc(C2(C)CC2)ccc1C.